The third-order valence-corrected chi connectivity index (χ3v) is 6.22. The largest absolute Gasteiger partial charge is 0.314 e. The van der Waals surface area contributed by atoms with Crippen LogP contribution >= 0.6 is 11.6 Å². The molecule has 106 valence electrons. The van der Waals surface area contributed by atoms with E-state index in [2.05, 4.69) is 19.2 Å². The molecule has 1 saturated carbocycles. The molecular formula is C15H22ClNOS. The van der Waals surface area contributed by atoms with Gasteiger partial charge >= 0.3 is 0 Å². The minimum atomic E-state index is -0.790. The lowest BCUT2D eigenvalue weighted by Gasteiger charge is -2.21. The lowest BCUT2D eigenvalue weighted by molar-refractivity contribution is 0.438. The first-order valence-corrected chi connectivity index (χ1v) is 8.72. The second-order valence-electron chi connectivity index (χ2n) is 5.29. The highest BCUT2D eigenvalue weighted by Crippen LogP contribution is 2.31. The molecule has 2 rings (SSSR count). The van der Waals surface area contributed by atoms with Crippen LogP contribution in [-0.2, 0) is 16.6 Å². The normalized spacial score (nSPS) is 28.5. The number of halogens is 1. The molecule has 4 atom stereocenters. The second-order valence-corrected chi connectivity index (χ2v) is 7.38. The first-order valence-electron chi connectivity index (χ1n) is 6.96. The maximum Gasteiger partial charge on any atom is 0.0488 e. The zero-order valence-corrected chi connectivity index (χ0v) is 13.1. The van der Waals surface area contributed by atoms with Crippen molar-refractivity contribution >= 4 is 22.4 Å². The predicted molar refractivity (Wildman–Crippen MR) is 82.9 cm³/mol. The monoisotopic (exact) mass is 299 g/mol. The maximum atomic E-state index is 12.5. The predicted octanol–water partition coefficient (Wildman–Crippen LogP) is 3.37. The Morgan fingerprint density at radius 1 is 1.32 bits per heavy atom. The summed E-state index contributed by atoms with van der Waals surface area (Å²) < 4.78 is 12.5. The van der Waals surface area contributed by atoms with Crippen molar-refractivity contribution in [1.29, 1.82) is 0 Å². The van der Waals surface area contributed by atoms with Crippen LogP contribution in [0.5, 0.6) is 0 Å². The van der Waals surface area contributed by atoms with Gasteiger partial charge in [0.2, 0.25) is 0 Å². The van der Waals surface area contributed by atoms with Gasteiger partial charge in [0.1, 0.15) is 0 Å². The summed E-state index contributed by atoms with van der Waals surface area (Å²) in [4.78, 5) is 0. The molecule has 0 aromatic heterocycles. The Morgan fingerprint density at radius 2 is 2.00 bits per heavy atom. The zero-order chi connectivity index (χ0) is 13.8. The van der Waals surface area contributed by atoms with E-state index in [1.54, 1.807) is 0 Å². The summed E-state index contributed by atoms with van der Waals surface area (Å²) in [6.45, 7) is 5.35. The van der Waals surface area contributed by atoms with E-state index in [4.69, 9.17) is 11.6 Å². The molecule has 0 aliphatic heterocycles. The molecule has 0 amide bonds. The Bertz CT molecular complexity index is 434. The third kappa shape index (κ3) is 3.80. The Labute approximate surface area is 123 Å². The first-order chi connectivity index (χ1) is 9.11. The number of hydrogen-bond acceptors (Lipinski definition) is 2. The smallest absolute Gasteiger partial charge is 0.0488 e. The van der Waals surface area contributed by atoms with Gasteiger partial charge in [0.15, 0.2) is 0 Å². The van der Waals surface area contributed by atoms with Gasteiger partial charge < -0.3 is 5.32 Å². The molecule has 0 radical (unpaired) electrons. The average Bonchev–Trinajstić information content (AvgIpc) is 2.75. The minimum absolute atomic E-state index is 0.319. The summed E-state index contributed by atoms with van der Waals surface area (Å²) >= 11 is 5.87. The highest BCUT2D eigenvalue weighted by molar-refractivity contribution is 7.84. The highest BCUT2D eigenvalue weighted by atomic mass is 35.5. The SMILES string of the molecule is CCNC1CCC(S(=O)Cc2ccc(Cl)cc2)C1C. The molecule has 4 heteroatoms. The van der Waals surface area contributed by atoms with E-state index in [0.29, 0.717) is 23.0 Å². The van der Waals surface area contributed by atoms with Gasteiger partial charge in [0.25, 0.3) is 0 Å². The van der Waals surface area contributed by atoms with Crippen LogP contribution in [0.3, 0.4) is 0 Å². The van der Waals surface area contributed by atoms with Crippen LogP contribution in [-0.4, -0.2) is 22.0 Å². The molecule has 1 N–H and O–H groups in total. The fourth-order valence-corrected chi connectivity index (χ4v) is 4.83. The van der Waals surface area contributed by atoms with Crippen LogP contribution in [0.4, 0.5) is 0 Å². The van der Waals surface area contributed by atoms with Crippen molar-refractivity contribution in [2.24, 2.45) is 5.92 Å². The van der Waals surface area contributed by atoms with E-state index in [1.165, 1.54) is 0 Å². The summed E-state index contributed by atoms with van der Waals surface area (Å²) in [5.41, 5.74) is 1.11. The van der Waals surface area contributed by atoms with Crippen LogP contribution in [0.2, 0.25) is 5.02 Å². The number of benzene rings is 1. The number of rotatable bonds is 5. The fourth-order valence-electron chi connectivity index (χ4n) is 2.90. The lowest BCUT2D eigenvalue weighted by Crippen LogP contribution is -2.35. The summed E-state index contributed by atoms with van der Waals surface area (Å²) in [5.74, 6) is 1.14. The quantitative estimate of drug-likeness (QED) is 0.903. The van der Waals surface area contributed by atoms with Crippen molar-refractivity contribution in [3.8, 4) is 0 Å². The van der Waals surface area contributed by atoms with Crippen molar-refractivity contribution in [3.05, 3.63) is 34.9 Å². The summed E-state index contributed by atoms with van der Waals surface area (Å²) in [7, 11) is -0.790. The Balaban J connectivity index is 1.95. The standard InChI is InChI=1S/C15H22ClNOS/c1-3-17-14-8-9-15(11(14)2)19(18)10-12-4-6-13(16)7-5-12/h4-7,11,14-15,17H,3,8-10H2,1-2H3. The van der Waals surface area contributed by atoms with Crippen LogP contribution in [0, 0.1) is 5.92 Å². The molecule has 1 fully saturated rings. The van der Waals surface area contributed by atoms with Gasteiger partial charge in [0, 0.05) is 32.9 Å². The van der Waals surface area contributed by atoms with Crippen LogP contribution in [0.1, 0.15) is 32.3 Å². The van der Waals surface area contributed by atoms with Gasteiger partial charge in [-0.15, -0.1) is 0 Å². The average molecular weight is 300 g/mol. The van der Waals surface area contributed by atoms with E-state index in [9.17, 15) is 4.21 Å². The van der Waals surface area contributed by atoms with Crippen molar-refractivity contribution in [3.63, 3.8) is 0 Å². The van der Waals surface area contributed by atoms with Gasteiger partial charge in [-0.3, -0.25) is 4.21 Å². The first kappa shape index (κ1) is 15.0. The van der Waals surface area contributed by atoms with Gasteiger partial charge in [-0.1, -0.05) is 37.6 Å². The van der Waals surface area contributed by atoms with E-state index in [-0.39, 0.29) is 0 Å². The van der Waals surface area contributed by atoms with Crippen molar-refractivity contribution in [1.82, 2.24) is 5.32 Å². The molecule has 1 aliphatic carbocycles. The minimum Gasteiger partial charge on any atom is -0.314 e. The molecular weight excluding hydrogens is 278 g/mol. The number of hydrogen-bond donors (Lipinski definition) is 1. The van der Waals surface area contributed by atoms with Crippen LogP contribution in [0.15, 0.2) is 24.3 Å². The molecule has 1 aliphatic rings. The van der Waals surface area contributed by atoms with Crippen molar-refractivity contribution < 1.29 is 4.21 Å². The molecule has 4 unspecified atom stereocenters. The van der Waals surface area contributed by atoms with E-state index < -0.39 is 10.8 Å². The van der Waals surface area contributed by atoms with Gasteiger partial charge in [-0.05, 0) is 43.0 Å². The van der Waals surface area contributed by atoms with Crippen LogP contribution in [0.25, 0.3) is 0 Å². The molecule has 0 heterocycles. The molecule has 1 aromatic rings. The Morgan fingerprint density at radius 3 is 2.63 bits per heavy atom. The number of nitrogens with one attached hydrogen (secondary N) is 1. The summed E-state index contributed by atoms with van der Waals surface area (Å²) in [5, 5.41) is 4.55. The Hall–Kier alpha value is -0.380. The third-order valence-electron chi connectivity index (χ3n) is 4.01. The van der Waals surface area contributed by atoms with Crippen molar-refractivity contribution in [2.45, 2.75) is 43.7 Å². The molecule has 0 spiro atoms. The van der Waals surface area contributed by atoms with Gasteiger partial charge in [0.05, 0.1) is 0 Å². The molecule has 19 heavy (non-hydrogen) atoms. The van der Waals surface area contributed by atoms with E-state index in [1.807, 2.05) is 24.3 Å². The zero-order valence-electron chi connectivity index (χ0n) is 11.6. The highest BCUT2D eigenvalue weighted by Gasteiger charge is 2.35. The lowest BCUT2D eigenvalue weighted by atomic mass is 10.1. The molecule has 0 saturated heterocycles. The molecule has 0 bridgehead atoms. The van der Waals surface area contributed by atoms with E-state index >= 15 is 0 Å². The van der Waals surface area contributed by atoms with Crippen LogP contribution < -0.4 is 5.32 Å². The fraction of sp³-hybridized carbons (Fsp3) is 0.600. The summed E-state index contributed by atoms with van der Waals surface area (Å²) in [6.07, 6.45) is 2.21. The molecule has 2 nitrogen and oxygen atoms in total. The van der Waals surface area contributed by atoms with Gasteiger partial charge in [-0.25, -0.2) is 0 Å². The molecule has 1 aromatic carbocycles. The Kier molecular flexibility index (Phi) is 5.43. The van der Waals surface area contributed by atoms with E-state index in [0.717, 1.165) is 30.0 Å². The summed E-state index contributed by atoms with van der Waals surface area (Å²) in [6, 6.07) is 8.22. The van der Waals surface area contributed by atoms with Crippen molar-refractivity contribution in [2.75, 3.05) is 6.54 Å². The topological polar surface area (TPSA) is 29.1 Å². The van der Waals surface area contributed by atoms with Gasteiger partial charge in [-0.2, -0.15) is 0 Å². The maximum absolute atomic E-state index is 12.5. The second kappa shape index (κ2) is 6.87.